The minimum Gasteiger partial charge on any atom is -0.473 e. The molecule has 0 radical (unpaired) electrons. The molecule has 30 heavy (non-hydrogen) atoms. The molecule has 2 aromatic rings. The predicted molar refractivity (Wildman–Crippen MR) is 104 cm³/mol. The molecule has 1 atom stereocenters. The van der Waals surface area contributed by atoms with Crippen LogP contribution in [0.5, 0.6) is 0 Å². The first-order valence-corrected chi connectivity index (χ1v) is 9.45. The highest BCUT2D eigenvalue weighted by Crippen LogP contribution is 2.25. The van der Waals surface area contributed by atoms with Crippen LogP contribution < -0.4 is 0 Å². The van der Waals surface area contributed by atoms with Crippen molar-refractivity contribution in [2.75, 3.05) is 19.7 Å². The molecule has 162 valence electrons. The SMILES string of the molecule is CCOC(=O)C1CCCN(Cc2cn[nH]c2-c2ccc(F)cc2)C1.O=C(O)C(=O)O. The van der Waals surface area contributed by atoms with Crippen LogP contribution in [0.1, 0.15) is 25.3 Å². The number of nitrogens with one attached hydrogen (secondary N) is 1. The van der Waals surface area contributed by atoms with Crippen LogP contribution in [0.25, 0.3) is 11.3 Å². The zero-order valence-electron chi connectivity index (χ0n) is 16.5. The Morgan fingerprint density at radius 1 is 1.23 bits per heavy atom. The Kier molecular flexibility index (Phi) is 8.48. The number of piperidine rings is 1. The average molecular weight is 421 g/mol. The number of aliphatic carboxylic acids is 2. The maximum atomic E-state index is 13.1. The quantitative estimate of drug-likeness (QED) is 0.494. The second-order valence-corrected chi connectivity index (χ2v) is 6.71. The number of H-pyrrole nitrogens is 1. The lowest BCUT2D eigenvalue weighted by Gasteiger charge is -2.31. The highest BCUT2D eigenvalue weighted by molar-refractivity contribution is 6.27. The van der Waals surface area contributed by atoms with Crippen LogP contribution in [-0.2, 0) is 25.7 Å². The fraction of sp³-hybridized carbons (Fsp3) is 0.400. The second kappa shape index (κ2) is 11.1. The Bertz CT molecular complexity index is 856. The minimum atomic E-state index is -1.82. The molecule has 0 aliphatic carbocycles. The number of hydrogen-bond acceptors (Lipinski definition) is 6. The van der Waals surface area contributed by atoms with E-state index in [9.17, 15) is 9.18 Å². The van der Waals surface area contributed by atoms with Gasteiger partial charge in [-0.05, 0) is 50.6 Å². The van der Waals surface area contributed by atoms with Gasteiger partial charge in [-0.2, -0.15) is 5.10 Å². The number of carbonyl (C=O) groups is 3. The zero-order chi connectivity index (χ0) is 22.1. The second-order valence-electron chi connectivity index (χ2n) is 6.71. The highest BCUT2D eigenvalue weighted by atomic mass is 19.1. The van der Waals surface area contributed by atoms with E-state index in [1.165, 1.54) is 12.1 Å². The molecule has 1 fully saturated rings. The molecule has 3 N–H and O–H groups in total. The van der Waals surface area contributed by atoms with E-state index in [1.807, 2.05) is 6.92 Å². The van der Waals surface area contributed by atoms with Crippen LogP contribution in [0.3, 0.4) is 0 Å². The van der Waals surface area contributed by atoms with E-state index in [1.54, 1.807) is 18.3 Å². The molecule has 3 rings (SSSR count). The van der Waals surface area contributed by atoms with Gasteiger partial charge in [0.25, 0.3) is 0 Å². The fourth-order valence-corrected chi connectivity index (χ4v) is 3.19. The van der Waals surface area contributed by atoms with Gasteiger partial charge in [0.1, 0.15) is 5.82 Å². The number of carbonyl (C=O) groups excluding carboxylic acids is 1. The maximum absolute atomic E-state index is 13.1. The van der Waals surface area contributed by atoms with Crippen LogP contribution >= 0.6 is 0 Å². The third-order valence-corrected chi connectivity index (χ3v) is 4.55. The van der Waals surface area contributed by atoms with E-state index in [-0.39, 0.29) is 17.7 Å². The summed E-state index contributed by atoms with van der Waals surface area (Å²) in [6.07, 6.45) is 3.66. The molecule has 1 aromatic carbocycles. The van der Waals surface area contributed by atoms with E-state index in [4.69, 9.17) is 24.5 Å². The molecule has 1 aromatic heterocycles. The Hall–Kier alpha value is -3.27. The first kappa shape index (κ1) is 23.0. The number of rotatable bonds is 5. The highest BCUT2D eigenvalue weighted by Gasteiger charge is 2.27. The van der Waals surface area contributed by atoms with Crippen molar-refractivity contribution in [1.29, 1.82) is 0 Å². The van der Waals surface area contributed by atoms with Crippen LogP contribution in [0.4, 0.5) is 4.39 Å². The van der Waals surface area contributed by atoms with Gasteiger partial charge < -0.3 is 14.9 Å². The smallest absolute Gasteiger partial charge is 0.414 e. The van der Waals surface area contributed by atoms with Crippen LogP contribution in [0.2, 0.25) is 0 Å². The topological polar surface area (TPSA) is 133 Å². The van der Waals surface area contributed by atoms with Gasteiger partial charge in [-0.1, -0.05) is 0 Å². The van der Waals surface area contributed by atoms with Crippen molar-refractivity contribution in [1.82, 2.24) is 15.1 Å². The number of ether oxygens (including phenoxy) is 1. The molecule has 0 bridgehead atoms. The van der Waals surface area contributed by atoms with Gasteiger partial charge in [0.15, 0.2) is 0 Å². The van der Waals surface area contributed by atoms with Crippen molar-refractivity contribution >= 4 is 17.9 Å². The summed E-state index contributed by atoms with van der Waals surface area (Å²) in [5.74, 6) is -4.06. The lowest BCUT2D eigenvalue weighted by atomic mass is 9.97. The molecular weight excluding hydrogens is 397 g/mol. The summed E-state index contributed by atoms with van der Waals surface area (Å²) < 4.78 is 18.3. The average Bonchev–Trinajstić information content (AvgIpc) is 3.17. The summed E-state index contributed by atoms with van der Waals surface area (Å²) in [7, 11) is 0. The van der Waals surface area contributed by atoms with Gasteiger partial charge >= 0.3 is 17.9 Å². The third-order valence-electron chi connectivity index (χ3n) is 4.55. The van der Waals surface area contributed by atoms with Crippen LogP contribution in [0.15, 0.2) is 30.5 Å². The number of esters is 1. The number of halogens is 1. The number of carboxylic acid groups (broad SMARTS) is 2. The van der Waals surface area contributed by atoms with E-state index in [2.05, 4.69) is 15.1 Å². The maximum Gasteiger partial charge on any atom is 0.414 e. The molecule has 1 aliphatic rings. The molecular formula is C20H24FN3O6. The summed E-state index contributed by atoms with van der Waals surface area (Å²) in [5, 5.41) is 21.9. The van der Waals surface area contributed by atoms with Crippen molar-refractivity contribution < 1.29 is 33.7 Å². The Balaban J connectivity index is 0.000000469. The van der Waals surface area contributed by atoms with Crippen molar-refractivity contribution in [3.05, 3.63) is 41.8 Å². The molecule has 10 heteroatoms. The van der Waals surface area contributed by atoms with E-state index in [0.717, 1.165) is 36.2 Å². The van der Waals surface area contributed by atoms with Gasteiger partial charge in [0.05, 0.1) is 24.4 Å². The summed E-state index contributed by atoms with van der Waals surface area (Å²) in [4.78, 5) is 32.4. The Morgan fingerprint density at radius 2 is 1.90 bits per heavy atom. The van der Waals surface area contributed by atoms with Gasteiger partial charge in [0.2, 0.25) is 0 Å². The summed E-state index contributed by atoms with van der Waals surface area (Å²) in [6.45, 7) is 4.61. The van der Waals surface area contributed by atoms with Gasteiger partial charge in [-0.15, -0.1) is 0 Å². The molecule has 0 spiro atoms. The number of benzene rings is 1. The van der Waals surface area contributed by atoms with Crippen molar-refractivity contribution in [2.45, 2.75) is 26.3 Å². The number of likely N-dealkylation sites (tertiary alicyclic amines) is 1. The van der Waals surface area contributed by atoms with E-state index >= 15 is 0 Å². The van der Waals surface area contributed by atoms with Crippen molar-refractivity contribution in [3.63, 3.8) is 0 Å². The first-order valence-electron chi connectivity index (χ1n) is 9.45. The van der Waals surface area contributed by atoms with E-state index in [0.29, 0.717) is 19.7 Å². The number of carboxylic acids is 2. The monoisotopic (exact) mass is 421 g/mol. The van der Waals surface area contributed by atoms with Gasteiger partial charge in [-0.3, -0.25) is 14.8 Å². The van der Waals surface area contributed by atoms with Crippen LogP contribution in [-0.4, -0.2) is 62.9 Å². The third kappa shape index (κ3) is 6.66. The summed E-state index contributed by atoms with van der Waals surface area (Å²) in [6, 6.07) is 6.36. The predicted octanol–water partition coefficient (Wildman–Crippen LogP) is 2.15. The minimum absolute atomic E-state index is 0.0557. The molecule has 2 heterocycles. The summed E-state index contributed by atoms with van der Waals surface area (Å²) >= 11 is 0. The standard InChI is InChI=1S/C18H22FN3O2.C2H2O4/c1-2-24-18(23)14-4-3-9-22(11-14)12-15-10-20-21-17(15)13-5-7-16(19)8-6-13;3-1(4)2(5)6/h5-8,10,14H,2-4,9,11-12H2,1H3,(H,20,21);(H,3,4)(H,5,6). The molecule has 0 amide bonds. The number of hydrogen-bond donors (Lipinski definition) is 3. The zero-order valence-corrected chi connectivity index (χ0v) is 16.5. The number of nitrogens with zero attached hydrogens (tertiary/aromatic N) is 2. The summed E-state index contributed by atoms with van der Waals surface area (Å²) in [5.41, 5.74) is 2.85. The first-order chi connectivity index (χ1) is 14.3. The van der Waals surface area contributed by atoms with E-state index < -0.39 is 11.9 Å². The Morgan fingerprint density at radius 3 is 2.50 bits per heavy atom. The molecule has 1 aliphatic heterocycles. The van der Waals surface area contributed by atoms with Crippen LogP contribution in [0, 0.1) is 11.7 Å². The fourth-order valence-electron chi connectivity index (χ4n) is 3.19. The number of aromatic amines is 1. The lowest BCUT2D eigenvalue weighted by molar-refractivity contribution is -0.159. The molecule has 1 saturated heterocycles. The molecule has 1 unspecified atom stereocenters. The van der Waals surface area contributed by atoms with Crippen molar-refractivity contribution in [3.8, 4) is 11.3 Å². The van der Waals surface area contributed by atoms with Gasteiger partial charge in [0, 0.05) is 24.2 Å². The lowest BCUT2D eigenvalue weighted by Crippen LogP contribution is -2.38. The molecule has 9 nitrogen and oxygen atoms in total. The van der Waals surface area contributed by atoms with Gasteiger partial charge in [-0.25, -0.2) is 14.0 Å². The molecule has 0 saturated carbocycles. The number of aromatic nitrogens is 2. The largest absolute Gasteiger partial charge is 0.473 e. The van der Waals surface area contributed by atoms with Crippen molar-refractivity contribution in [2.24, 2.45) is 5.92 Å². The Labute approximate surface area is 172 Å². The normalized spacial score (nSPS) is 16.3.